The minimum absolute atomic E-state index is 0.0623. The van der Waals surface area contributed by atoms with Gasteiger partial charge in [0.2, 0.25) is 0 Å². The van der Waals surface area contributed by atoms with Crippen LogP contribution in [0.25, 0.3) is 0 Å². The summed E-state index contributed by atoms with van der Waals surface area (Å²) in [6, 6.07) is 0.315. The number of carboxylic acids is 1. The van der Waals surface area contributed by atoms with Crippen LogP contribution in [0.2, 0.25) is 0 Å². The van der Waals surface area contributed by atoms with E-state index in [1.165, 1.54) is 12.8 Å². The normalized spacial score (nSPS) is 22.1. The lowest BCUT2D eigenvalue weighted by atomic mass is 9.97. The van der Waals surface area contributed by atoms with E-state index >= 15 is 0 Å². The van der Waals surface area contributed by atoms with Gasteiger partial charge in [-0.1, -0.05) is 0 Å². The predicted octanol–water partition coefficient (Wildman–Crippen LogP) is 0.587. The zero-order valence-corrected chi connectivity index (χ0v) is 11.5. The first-order valence-electron chi connectivity index (χ1n) is 7.05. The quantitative estimate of drug-likeness (QED) is 0.766. The number of likely N-dealkylation sites (tertiary alicyclic amines) is 2. The number of aliphatic carboxylic acids is 1. The molecule has 2 saturated heterocycles. The van der Waals surface area contributed by atoms with Crippen molar-refractivity contribution in [1.82, 2.24) is 15.1 Å². The van der Waals surface area contributed by atoms with E-state index in [0.717, 1.165) is 13.1 Å². The Morgan fingerprint density at radius 1 is 1.32 bits per heavy atom. The summed E-state index contributed by atoms with van der Waals surface area (Å²) in [7, 11) is 0. The van der Waals surface area contributed by atoms with Crippen LogP contribution in [0.1, 0.15) is 26.2 Å². The number of carbonyl (C=O) groups excluding carboxylic acids is 1. The van der Waals surface area contributed by atoms with E-state index < -0.39 is 5.97 Å². The molecule has 0 aromatic carbocycles. The van der Waals surface area contributed by atoms with Gasteiger partial charge in [0.15, 0.2) is 0 Å². The summed E-state index contributed by atoms with van der Waals surface area (Å²) >= 11 is 0. The largest absolute Gasteiger partial charge is 0.481 e. The van der Waals surface area contributed by atoms with E-state index in [4.69, 9.17) is 5.11 Å². The molecule has 19 heavy (non-hydrogen) atoms. The monoisotopic (exact) mass is 269 g/mol. The summed E-state index contributed by atoms with van der Waals surface area (Å²) in [6.45, 7) is 6.18. The van der Waals surface area contributed by atoms with Gasteiger partial charge < -0.3 is 15.3 Å². The molecule has 0 radical (unpaired) electrons. The Hall–Kier alpha value is -1.30. The van der Waals surface area contributed by atoms with Crippen molar-refractivity contribution < 1.29 is 14.7 Å². The molecule has 0 aromatic rings. The summed E-state index contributed by atoms with van der Waals surface area (Å²) in [5.74, 6) is -0.660. The predicted molar refractivity (Wildman–Crippen MR) is 71.0 cm³/mol. The molecule has 0 aliphatic carbocycles. The smallest absolute Gasteiger partial charge is 0.317 e. The Morgan fingerprint density at radius 3 is 2.53 bits per heavy atom. The first-order chi connectivity index (χ1) is 9.06. The van der Waals surface area contributed by atoms with E-state index in [1.807, 2.05) is 0 Å². The van der Waals surface area contributed by atoms with Gasteiger partial charge in [-0.15, -0.1) is 0 Å². The highest BCUT2D eigenvalue weighted by Crippen LogP contribution is 2.18. The van der Waals surface area contributed by atoms with Crippen molar-refractivity contribution in [2.75, 3.05) is 32.7 Å². The molecule has 0 spiro atoms. The van der Waals surface area contributed by atoms with Crippen LogP contribution in [0.5, 0.6) is 0 Å². The fourth-order valence-electron chi connectivity index (χ4n) is 2.77. The van der Waals surface area contributed by atoms with Crippen molar-refractivity contribution in [3.63, 3.8) is 0 Å². The summed E-state index contributed by atoms with van der Waals surface area (Å²) in [6.07, 6.45) is 2.66. The first-order valence-corrected chi connectivity index (χ1v) is 7.05. The van der Waals surface area contributed by atoms with Gasteiger partial charge in [-0.05, 0) is 32.9 Å². The first kappa shape index (κ1) is 14.1. The molecule has 0 saturated carbocycles. The van der Waals surface area contributed by atoms with Crippen LogP contribution in [0.15, 0.2) is 0 Å². The Labute approximate surface area is 113 Å². The number of amides is 2. The summed E-state index contributed by atoms with van der Waals surface area (Å²) < 4.78 is 0. The van der Waals surface area contributed by atoms with Crippen molar-refractivity contribution in [1.29, 1.82) is 0 Å². The van der Waals surface area contributed by atoms with Gasteiger partial charge in [-0.25, -0.2) is 4.79 Å². The van der Waals surface area contributed by atoms with Gasteiger partial charge in [-0.2, -0.15) is 0 Å². The number of carboxylic acid groups (broad SMARTS) is 1. The van der Waals surface area contributed by atoms with Crippen molar-refractivity contribution >= 4 is 12.0 Å². The maximum Gasteiger partial charge on any atom is 0.317 e. The van der Waals surface area contributed by atoms with Crippen LogP contribution in [0, 0.1) is 5.92 Å². The molecule has 2 rings (SSSR count). The Morgan fingerprint density at radius 2 is 1.95 bits per heavy atom. The topological polar surface area (TPSA) is 72.9 Å². The molecule has 1 unspecified atom stereocenters. The standard InChI is InChI=1S/C13H23N3O3/c1-10(15-4-2-3-5-15)7-14-13(19)16-8-11(9-16)6-12(17)18/h10-11H,2-9H2,1H3,(H,14,19)(H,17,18). The Bertz CT molecular complexity index is 336. The van der Waals surface area contributed by atoms with Crippen LogP contribution in [-0.2, 0) is 4.79 Å². The lowest BCUT2D eigenvalue weighted by Gasteiger charge is -2.38. The highest BCUT2D eigenvalue weighted by atomic mass is 16.4. The third-order valence-electron chi connectivity index (χ3n) is 4.02. The second-order valence-corrected chi connectivity index (χ2v) is 5.65. The van der Waals surface area contributed by atoms with E-state index in [1.54, 1.807) is 4.90 Å². The summed E-state index contributed by atoms with van der Waals surface area (Å²) in [4.78, 5) is 26.4. The second-order valence-electron chi connectivity index (χ2n) is 5.65. The van der Waals surface area contributed by atoms with Gasteiger partial charge in [0.05, 0.1) is 6.42 Å². The van der Waals surface area contributed by atoms with Gasteiger partial charge in [0.1, 0.15) is 0 Å². The van der Waals surface area contributed by atoms with E-state index in [0.29, 0.717) is 25.7 Å². The van der Waals surface area contributed by atoms with Crippen LogP contribution in [-0.4, -0.2) is 65.7 Å². The lowest BCUT2D eigenvalue weighted by Crippen LogP contribution is -2.55. The molecular weight excluding hydrogens is 246 g/mol. The molecule has 2 amide bonds. The lowest BCUT2D eigenvalue weighted by molar-refractivity contribution is -0.139. The molecule has 6 nitrogen and oxygen atoms in total. The maximum atomic E-state index is 11.8. The number of nitrogens with zero attached hydrogens (tertiary/aromatic N) is 2. The molecule has 6 heteroatoms. The molecule has 1 atom stereocenters. The molecular formula is C13H23N3O3. The van der Waals surface area contributed by atoms with Gasteiger partial charge in [0.25, 0.3) is 0 Å². The maximum absolute atomic E-state index is 11.8. The fourth-order valence-corrected chi connectivity index (χ4v) is 2.77. The SMILES string of the molecule is CC(CNC(=O)N1CC(CC(=O)O)C1)N1CCCC1. The molecule has 2 fully saturated rings. The molecule has 2 aliphatic rings. The van der Waals surface area contributed by atoms with E-state index in [9.17, 15) is 9.59 Å². The minimum atomic E-state index is -0.785. The Kier molecular flexibility index (Phi) is 4.63. The average molecular weight is 269 g/mol. The van der Waals surface area contributed by atoms with Gasteiger partial charge in [0, 0.05) is 31.6 Å². The zero-order chi connectivity index (χ0) is 13.8. The molecule has 2 N–H and O–H groups in total. The van der Waals surface area contributed by atoms with Crippen LogP contribution >= 0.6 is 0 Å². The van der Waals surface area contributed by atoms with E-state index in [2.05, 4.69) is 17.1 Å². The minimum Gasteiger partial charge on any atom is -0.481 e. The van der Waals surface area contributed by atoms with Gasteiger partial charge in [-0.3, -0.25) is 9.69 Å². The van der Waals surface area contributed by atoms with Crippen molar-refractivity contribution in [3.8, 4) is 0 Å². The zero-order valence-electron chi connectivity index (χ0n) is 11.5. The summed E-state index contributed by atoms with van der Waals surface area (Å²) in [5.41, 5.74) is 0. The number of hydrogen-bond acceptors (Lipinski definition) is 3. The number of urea groups is 1. The molecule has 0 aromatic heterocycles. The number of nitrogens with one attached hydrogen (secondary N) is 1. The number of carbonyl (C=O) groups is 2. The van der Waals surface area contributed by atoms with Crippen LogP contribution in [0.4, 0.5) is 4.79 Å². The Balaban J connectivity index is 1.61. The highest BCUT2D eigenvalue weighted by Gasteiger charge is 2.32. The van der Waals surface area contributed by atoms with Crippen molar-refractivity contribution in [3.05, 3.63) is 0 Å². The van der Waals surface area contributed by atoms with Crippen LogP contribution in [0.3, 0.4) is 0 Å². The van der Waals surface area contributed by atoms with Gasteiger partial charge >= 0.3 is 12.0 Å². The third-order valence-corrected chi connectivity index (χ3v) is 4.02. The second kappa shape index (κ2) is 6.23. The van der Waals surface area contributed by atoms with Crippen molar-refractivity contribution in [2.24, 2.45) is 5.92 Å². The fraction of sp³-hybridized carbons (Fsp3) is 0.846. The van der Waals surface area contributed by atoms with E-state index in [-0.39, 0.29) is 18.4 Å². The third kappa shape index (κ3) is 3.83. The molecule has 2 aliphatic heterocycles. The number of rotatable bonds is 5. The molecule has 2 heterocycles. The summed E-state index contributed by atoms with van der Waals surface area (Å²) in [5, 5.41) is 11.6. The molecule has 0 bridgehead atoms. The number of hydrogen-bond donors (Lipinski definition) is 2. The van der Waals surface area contributed by atoms with Crippen molar-refractivity contribution in [2.45, 2.75) is 32.2 Å². The highest BCUT2D eigenvalue weighted by molar-refractivity contribution is 5.75. The molecule has 108 valence electrons. The average Bonchev–Trinajstić information content (AvgIpc) is 2.83. The van der Waals surface area contributed by atoms with Crippen LogP contribution < -0.4 is 5.32 Å².